The molecule has 2 aliphatic carbocycles. The Morgan fingerprint density at radius 2 is 2.12 bits per heavy atom. The minimum atomic E-state index is -0.866. The first-order valence-corrected chi connectivity index (χ1v) is 8.99. The van der Waals surface area contributed by atoms with Gasteiger partial charge in [-0.05, 0) is 49.1 Å². The first-order valence-electron chi connectivity index (χ1n) is 8.99. The molecule has 5 heteroatoms. The van der Waals surface area contributed by atoms with Crippen molar-refractivity contribution >= 4 is 11.9 Å². The maximum Gasteiger partial charge on any atom is 0.307 e. The van der Waals surface area contributed by atoms with Crippen molar-refractivity contribution in [1.29, 1.82) is 0 Å². The Kier molecular flexibility index (Phi) is 4.93. The lowest BCUT2D eigenvalue weighted by molar-refractivity contribution is -0.147. The van der Waals surface area contributed by atoms with Gasteiger partial charge < -0.3 is 10.4 Å². The van der Waals surface area contributed by atoms with Crippen LogP contribution in [-0.2, 0) is 16.1 Å². The monoisotopic (exact) mass is 342 g/mol. The van der Waals surface area contributed by atoms with Gasteiger partial charge in [-0.3, -0.25) is 14.6 Å². The highest BCUT2D eigenvalue weighted by Crippen LogP contribution is 2.49. The quantitative estimate of drug-likeness (QED) is 0.823. The summed E-state index contributed by atoms with van der Waals surface area (Å²) in [4.78, 5) is 28.6. The standard InChI is InChI=1S/C20H26N2O3/c1-20(2)7-3-6-14-9-15(16(19(24)25)10-17(14)20)18(23)22-12-13-5-4-8-21-11-13/h4-5,8,11,15-16H,3,6-7,9-10,12H2,1-2H3,(H,22,23)(H,24,25)/t15-,16-/m1/s1. The van der Waals surface area contributed by atoms with Gasteiger partial charge in [0.1, 0.15) is 0 Å². The summed E-state index contributed by atoms with van der Waals surface area (Å²) in [6.45, 7) is 4.78. The maximum absolute atomic E-state index is 12.7. The minimum Gasteiger partial charge on any atom is -0.481 e. The zero-order valence-corrected chi connectivity index (χ0v) is 14.9. The van der Waals surface area contributed by atoms with Crippen molar-refractivity contribution in [3.05, 3.63) is 41.2 Å². The predicted molar refractivity (Wildman–Crippen MR) is 94.6 cm³/mol. The Bertz CT molecular complexity index is 694. The number of carboxylic acid groups (broad SMARTS) is 1. The highest BCUT2D eigenvalue weighted by atomic mass is 16.4. The number of amides is 1. The number of pyridine rings is 1. The van der Waals surface area contributed by atoms with Crippen LogP contribution >= 0.6 is 0 Å². The zero-order chi connectivity index (χ0) is 18.0. The molecule has 3 rings (SSSR count). The van der Waals surface area contributed by atoms with E-state index in [-0.39, 0.29) is 11.3 Å². The van der Waals surface area contributed by atoms with E-state index in [1.807, 2.05) is 12.1 Å². The molecule has 0 bridgehead atoms. The molecule has 0 saturated heterocycles. The second kappa shape index (κ2) is 6.98. The fourth-order valence-corrected chi connectivity index (χ4v) is 4.30. The number of nitrogens with one attached hydrogen (secondary N) is 1. The number of aliphatic carboxylic acids is 1. The lowest BCUT2D eigenvalue weighted by Crippen LogP contribution is -2.42. The largest absolute Gasteiger partial charge is 0.481 e. The van der Waals surface area contributed by atoms with Crippen molar-refractivity contribution < 1.29 is 14.7 Å². The molecule has 0 fully saturated rings. The molecule has 2 N–H and O–H groups in total. The van der Waals surface area contributed by atoms with Crippen LogP contribution in [0.15, 0.2) is 35.7 Å². The van der Waals surface area contributed by atoms with Gasteiger partial charge in [0.25, 0.3) is 0 Å². The molecule has 1 heterocycles. The lowest BCUT2D eigenvalue weighted by Gasteiger charge is -2.42. The van der Waals surface area contributed by atoms with E-state index in [0.717, 1.165) is 24.8 Å². The Labute approximate surface area is 148 Å². The fraction of sp³-hybridized carbons (Fsp3) is 0.550. The second-order valence-corrected chi connectivity index (χ2v) is 7.86. The molecule has 0 unspecified atom stereocenters. The van der Waals surface area contributed by atoms with Crippen molar-refractivity contribution in [3.8, 4) is 0 Å². The molecule has 0 spiro atoms. The number of nitrogens with zero attached hydrogens (tertiary/aromatic N) is 1. The lowest BCUT2D eigenvalue weighted by atomic mass is 9.63. The van der Waals surface area contributed by atoms with Gasteiger partial charge in [0.15, 0.2) is 0 Å². The molecule has 134 valence electrons. The number of carbonyl (C=O) groups is 2. The van der Waals surface area contributed by atoms with Crippen molar-refractivity contribution in [2.24, 2.45) is 17.3 Å². The fourth-order valence-electron chi connectivity index (χ4n) is 4.30. The van der Waals surface area contributed by atoms with Crippen molar-refractivity contribution in [1.82, 2.24) is 10.3 Å². The van der Waals surface area contributed by atoms with Crippen molar-refractivity contribution in [3.63, 3.8) is 0 Å². The average molecular weight is 342 g/mol. The molecule has 1 amide bonds. The van der Waals surface area contributed by atoms with Crippen LogP contribution in [0.3, 0.4) is 0 Å². The van der Waals surface area contributed by atoms with E-state index >= 15 is 0 Å². The second-order valence-electron chi connectivity index (χ2n) is 7.86. The molecule has 1 aromatic heterocycles. The van der Waals surface area contributed by atoms with Gasteiger partial charge in [-0.15, -0.1) is 0 Å². The van der Waals surface area contributed by atoms with Crippen LogP contribution in [0.25, 0.3) is 0 Å². The summed E-state index contributed by atoms with van der Waals surface area (Å²) in [7, 11) is 0. The molecule has 0 saturated carbocycles. The number of carbonyl (C=O) groups excluding carboxylic acids is 1. The number of hydrogen-bond acceptors (Lipinski definition) is 3. The number of rotatable bonds is 4. The average Bonchev–Trinajstić information content (AvgIpc) is 2.59. The molecule has 2 aliphatic rings. The molecule has 25 heavy (non-hydrogen) atoms. The van der Waals surface area contributed by atoms with E-state index in [1.54, 1.807) is 12.4 Å². The summed E-state index contributed by atoms with van der Waals surface area (Å²) in [5, 5.41) is 12.6. The van der Waals surface area contributed by atoms with E-state index in [2.05, 4.69) is 24.1 Å². The Balaban J connectivity index is 1.76. The third-order valence-electron chi connectivity index (χ3n) is 5.74. The topological polar surface area (TPSA) is 79.3 Å². The van der Waals surface area contributed by atoms with E-state index < -0.39 is 17.8 Å². The van der Waals surface area contributed by atoms with Crippen LogP contribution < -0.4 is 5.32 Å². The molecular formula is C20H26N2O3. The number of hydrogen-bond donors (Lipinski definition) is 2. The maximum atomic E-state index is 12.7. The highest BCUT2D eigenvalue weighted by molar-refractivity contribution is 5.85. The zero-order valence-electron chi connectivity index (χ0n) is 14.9. The van der Waals surface area contributed by atoms with Gasteiger partial charge in [-0.25, -0.2) is 0 Å². The summed E-state index contributed by atoms with van der Waals surface area (Å²) in [6, 6.07) is 3.72. The summed E-state index contributed by atoms with van der Waals surface area (Å²) in [6.07, 6.45) is 7.68. The van der Waals surface area contributed by atoms with Crippen LogP contribution in [0.5, 0.6) is 0 Å². The van der Waals surface area contributed by atoms with Crippen LogP contribution in [0.4, 0.5) is 0 Å². The molecule has 5 nitrogen and oxygen atoms in total. The summed E-state index contributed by atoms with van der Waals surface area (Å²) >= 11 is 0. The molecule has 0 radical (unpaired) electrons. The van der Waals surface area contributed by atoms with Crippen molar-refractivity contribution in [2.75, 3.05) is 0 Å². The van der Waals surface area contributed by atoms with Gasteiger partial charge in [-0.2, -0.15) is 0 Å². The van der Waals surface area contributed by atoms with E-state index in [4.69, 9.17) is 0 Å². The number of carboxylic acids is 1. The van der Waals surface area contributed by atoms with Crippen LogP contribution in [-0.4, -0.2) is 22.0 Å². The van der Waals surface area contributed by atoms with Crippen LogP contribution in [0.1, 0.15) is 51.5 Å². The Morgan fingerprint density at radius 3 is 2.80 bits per heavy atom. The molecule has 2 atom stereocenters. The first-order chi connectivity index (χ1) is 11.9. The summed E-state index contributed by atoms with van der Waals surface area (Å²) in [5.41, 5.74) is 3.56. The third-order valence-corrected chi connectivity index (χ3v) is 5.74. The van der Waals surface area contributed by atoms with Crippen LogP contribution in [0.2, 0.25) is 0 Å². The van der Waals surface area contributed by atoms with E-state index in [9.17, 15) is 14.7 Å². The Hall–Kier alpha value is -2.17. The van der Waals surface area contributed by atoms with Crippen molar-refractivity contribution in [2.45, 2.75) is 52.5 Å². The molecule has 0 aliphatic heterocycles. The highest BCUT2D eigenvalue weighted by Gasteiger charge is 2.43. The van der Waals surface area contributed by atoms with Gasteiger partial charge in [0.05, 0.1) is 11.8 Å². The minimum absolute atomic E-state index is 0.0540. The molecule has 0 aromatic carbocycles. The van der Waals surface area contributed by atoms with E-state index in [0.29, 0.717) is 19.4 Å². The van der Waals surface area contributed by atoms with Gasteiger partial charge >= 0.3 is 5.97 Å². The third kappa shape index (κ3) is 3.75. The van der Waals surface area contributed by atoms with Gasteiger partial charge in [0.2, 0.25) is 5.91 Å². The molecule has 1 aromatic rings. The number of aromatic nitrogens is 1. The first kappa shape index (κ1) is 17.6. The van der Waals surface area contributed by atoms with Gasteiger partial charge in [-0.1, -0.05) is 31.1 Å². The van der Waals surface area contributed by atoms with Gasteiger partial charge in [0, 0.05) is 18.9 Å². The smallest absolute Gasteiger partial charge is 0.307 e. The molecular weight excluding hydrogens is 316 g/mol. The van der Waals surface area contributed by atoms with E-state index in [1.165, 1.54) is 11.1 Å². The SMILES string of the molecule is CC1(C)CCCC2=C1C[C@@H](C(=O)O)[C@H](C(=O)NCc1cccnc1)C2. The Morgan fingerprint density at radius 1 is 1.32 bits per heavy atom. The summed E-state index contributed by atoms with van der Waals surface area (Å²) in [5.74, 6) is -2.15. The summed E-state index contributed by atoms with van der Waals surface area (Å²) < 4.78 is 0. The normalized spacial score (nSPS) is 25.2. The number of allylic oxidation sites excluding steroid dienone is 2. The van der Waals surface area contributed by atoms with Crippen LogP contribution in [0, 0.1) is 17.3 Å². The predicted octanol–water partition coefficient (Wildman–Crippen LogP) is 3.32.